The first-order chi connectivity index (χ1) is 8.31. The van der Waals surface area contributed by atoms with Crippen LogP contribution < -0.4 is 5.73 Å². The second kappa shape index (κ2) is 5.59. The van der Waals surface area contributed by atoms with Gasteiger partial charge in [0.05, 0.1) is 6.04 Å². The van der Waals surface area contributed by atoms with Crippen LogP contribution in [0.25, 0.3) is 0 Å². The van der Waals surface area contributed by atoms with E-state index in [0.717, 1.165) is 25.2 Å². The minimum absolute atomic E-state index is 0.00175. The van der Waals surface area contributed by atoms with Gasteiger partial charge in [-0.2, -0.15) is 0 Å². The van der Waals surface area contributed by atoms with Crippen LogP contribution in [-0.4, -0.2) is 14.5 Å². The summed E-state index contributed by atoms with van der Waals surface area (Å²) in [7, 11) is 0. The minimum Gasteiger partial charge on any atom is -0.334 e. The van der Waals surface area contributed by atoms with Crippen molar-refractivity contribution in [2.24, 2.45) is 5.73 Å². The first kappa shape index (κ1) is 11.8. The molecule has 2 aromatic heterocycles. The second-order valence-electron chi connectivity index (χ2n) is 4.07. The number of imidazole rings is 1. The van der Waals surface area contributed by atoms with Crippen molar-refractivity contribution in [3.8, 4) is 0 Å². The van der Waals surface area contributed by atoms with Crippen molar-refractivity contribution in [1.82, 2.24) is 14.5 Å². The third kappa shape index (κ3) is 2.91. The molecule has 0 bridgehead atoms. The molecule has 0 radical (unpaired) electrons. The second-order valence-corrected chi connectivity index (χ2v) is 4.07. The zero-order valence-corrected chi connectivity index (χ0v) is 10.1. The predicted molar refractivity (Wildman–Crippen MR) is 67.4 cm³/mol. The highest BCUT2D eigenvalue weighted by molar-refractivity contribution is 5.10. The highest BCUT2D eigenvalue weighted by Crippen LogP contribution is 2.15. The monoisotopic (exact) mass is 230 g/mol. The molecule has 0 aliphatic heterocycles. The summed E-state index contributed by atoms with van der Waals surface area (Å²) in [5, 5.41) is 0. The Morgan fingerprint density at radius 1 is 1.29 bits per heavy atom. The lowest BCUT2D eigenvalue weighted by atomic mass is 10.1. The van der Waals surface area contributed by atoms with Crippen LogP contribution in [0.15, 0.2) is 36.9 Å². The number of hydrogen-bond donors (Lipinski definition) is 1. The van der Waals surface area contributed by atoms with Crippen LogP contribution in [0.1, 0.15) is 30.8 Å². The summed E-state index contributed by atoms with van der Waals surface area (Å²) >= 11 is 0. The molecule has 4 nitrogen and oxygen atoms in total. The molecule has 0 saturated carbocycles. The Labute approximate surface area is 102 Å². The van der Waals surface area contributed by atoms with Crippen LogP contribution in [0.2, 0.25) is 0 Å². The molecular weight excluding hydrogens is 212 g/mol. The molecule has 0 fully saturated rings. The summed E-state index contributed by atoms with van der Waals surface area (Å²) in [5.74, 6) is 0.974. The molecule has 1 unspecified atom stereocenters. The van der Waals surface area contributed by atoms with Crippen LogP contribution in [-0.2, 0) is 13.0 Å². The van der Waals surface area contributed by atoms with Gasteiger partial charge in [0.25, 0.3) is 0 Å². The zero-order valence-electron chi connectivity index (χ0n) is 10.1. The maximum Gasteiger partial charge on any atom is 0.125 e. The molecule has 0 aliphatic carbocycles. The molecule has 0 saturated heterocycles. The summed E-state index contributed by atoms with van der Waals surface area (Å²) in [5.41, 5.74) is 7.43. The summed E-state index contributed by atoms with van der Waals surface area (Å²) in [6.45, 7) is 3.01. The highest BCUT2D eigenvalue weighted by Gasteiger charge is 2.11. The first-order valence-corrected chi connectivity index (χ1v) is 5.96. The van der Waals surface area contributed by atoms with E-state index in [-0.39, 0.29) is 6.04 Å². The molecule has 0 amide bonds. The molecule has 1 atom stereocenters. The highest BCUT2D eigenvalue weighted by atomic mass is 15.1. The van der Waals surface area contributed by atoms with Crippen molar-refractivity contribution >= 4 is 0 Å². The van der Waals surface area contributed by atoms with E-state index in [0.29, 0.717) is 0 Å². The molecule has 0 aliphatic rings. The first-order valence-electron chi connectivity index (χ1n) is 5.96. The maximum atomic E-state index is 6.16. The molecule has 2 N–H and O–H groups in total. The van der Waals surface area contributed by atoms with E-state index >= 15 is 0 Å². The molecule has 2 rings (SSSR count). The van der Waals surface area contributed by atoms with Gasteiger partial charge in [-0.3, -0.25) is 4.98 Å². The summed E-state index contributed by atoms with van der Waals surface area (Å²) in [6, 6.07) is 4.05. The quantitative estimate of drug-likeness (QED) is 0.854. The van der Waals surface area contributed by atoms with E-state index in [2.05, 4.69) is 21.5 Å². The number of nitrogens with zero attached hydrogens (tertiary/aromatic N) is 3. The largest absolute Gasteiger partial charge is 0.334 e. The Kier molecular flexibility index (Phi) is 3.88. The van der Waals surface area contributed by atoms with Crippen molar-refractivity contribution < 1.29 is 0 Å². The van der Waals surface area contributed by atoms with Gasteiger partial charge in [-0.15, -0.1) is 0 Å². The topological polar surface area (TPSA) is 56.7 Å². The van der Waals surface area contributed by atoms with Crippen molar-refractivity contribution in [3.63, 3.8) is 0 Å². The lowest BCUT2D eigenvalue weighted by molar-refractivity contribution is 0.566. The van der Waals surface area contributed by atoms with E-state index in [9.17, 15) is 0 Å². The summed E-state index contributed by atoms with van der Waals surface area (Å²) < 4.78 is 2.09. The lowest BCUT2D eigenvalue weighted by Crippen LogP contribution is -2.17. The molecule has 0 aromatic carbocycles. The van der Waals surface area contributed by atoms with Gasteiger partial charge >= 0.3 is 0 Å². The van der Waals surface area contributed by atoms with Crippen LogP contribution in [0.5, 0.6) is 0 Å². The molecule has 0 spiro atoms. The number of rotatable bonds is 5. The molecule has 2 aromatic rings. The minimum atomic E-state index is -0.00175. The third-order valence-electron chi connectivity index (χ3n) is 2.91. The van der Waals surface area contributed by atoms with Gasteiger partial charge in [0, 0.05) is 31.3 Å². The number of aryl methyl sites for hydroxylation is 2. The van der Waals surface area contributed by atoms with E-state index in [1.807, 2.05) is 36.9 Å². The van der Waals surface area contributed by atoms with Crippen molar-refractivity contribution in [1.29, 1.82) is 0 Å². The smallest absolute Gasteiger partial charge is 0.125 e. The lowest BCUT2D eigenvalue weighted by Gasteiger charge is -2.12. The van der Waals surface area contributed by atoms with Crippen LogP contribution in [0.4, 0.5) is 0 Å². The van der Waals surface area contributed by atoms with E-state index in [4.69, 9.17) is 5.73 Å². The Bertz CT molecular complexity index is 449. The fourth-order valence-electron chi connectivity index (χ4n) is 1.92. The Hall–Kier alpha value is -1.68. The molecule has 17 heavy (non-hydrogen) atoms. The third-order valence-corrected chi connectivity index (χ3v) is 2.91. The van der Waals surface area contributed by atoms with E-state index < -0.39 is 0 Å². The fraction of sp³-hybridized carbons (Fsp3) is 0.385. The number of nitrogens with two attached hydrogens (primary N) is 1. The van der Waals surface area contributed by atoms with E-state index in [1.54, 1.807) is 0 Å². The molecular formula is C13H18N4. The standard InChI is InChI=1S/C13H18N4/c1-2-17-10-9-16-13(17)12(14)4-3-11-5-7-15-8-6-11/h5-10,12H,2-4,14H2,1H3. The SMILES string of the molecule is CCn1ccnc1C(N)CCc1ccncc1. The van der Waals surface area contributed by atoms with Gasteiger partial charge in [-0.1, -0.05) is 0 Å². The predicted octanol–water partition coefficient (Wildman–Crippen LogP) is 1.93. The average molecular weight is 230 g/mol. The van der Waals surface area contributed by atoms with Crippen LogP contribution >= 0.6 is 0 Å². The van der Waals surface area contributed by atoms with Crippen molar-refractivity contribution in [3.05, 3.63) is 48.3 Å². The Morgan fingerprint density at radius 3 is 2.76 bits per heavy atom. The summed E-state index contributed by atoms with van der Waals surface area (Å²) in [4.78, 5) is 8.33. The van der Waals surface area contributed by atoms with Crippen LogP contribution in [0.3, 0.4) is 0 Å². The Morgan fingerprint density at radius 2 is 2.06 bits per heavy atom. The van der Waals surface area contributed by atoms with Gasteiger partial charge in [0.2, 0.25) is 0 Å². The Balaban J connectivity index is 1.96. The molecule has 2 heterocycles. The number of pyridine rings is 1. The van der Waals surface area contributed by atoms with Gasteiger partial charge in [0.1, 0.15) is 5.82 Å². The maximum absolute atomic E-state index is 6.16. The van der Waals surface area contributed by atoms with Crippen LogP contribution in [0, 0.1) is 0 Å². The van der Waals surface area contributed by atoms with Crippen molar-refractivity contribution in [2.45, 2.75) is 32.4 Å². The van der Waals surface area contributed by atoms with E-state index in [1.165, 1.54) is 5.56 Å². The fourth-order valence-corrected chi connectivity index (χ4v) is 1.92. The van der Waals surface area contributed by atoms with Gasteiger partial charge in [-0.05, 0) is 37.5 Å². The van der Waals surface area contributed by atoms with Gasteiger partial charge < -0.3 is 10.3 Å². The number of hydrogen-bond acceptors (Lipinski definition) is 3. The molecule has 4 heteroatoms. The normalized spacial score (nSPS) is 12.6. The molecule has 90 valence electrons. The zero-order chi connectivity index (χ0) is 12.1. The van der Waals surface area contributed by atoms with Gasteiger partial charge in [0.15, 0.2) is 0 Å². The van der Waals surface area contributed by atoms with Gasteiger partial charge in [-0.25, -0.2) is 4.98 Å². The van der Waals surface area contributed by atoms with Crippen molar-refractivity contribution in [2.75, 3.05) is 0 Å². The average Bonchev–Trinajstić information content (AvgIpc) is 2.85. The number of aromatic nitrogens is 3. The summed E-state index contributed by atoms with van der Waals surface area (Å²) in [6.07, 6.45) is 9.27.